The smallest absolute Gasteiger partial charge is 0.462 e. The summed E-state index contributed by atoms with van der Waals surface area (Å²) < 4.78 is 68.3. The predicted octanol–water partition coefficient (Wildman–Crippen LogP) is 20.9. The molecule has 0 bridgehead atoms. The van der Waals surface area contributed by atoms with Crippen LogP contribution in [0.2, 0.25) is 0 Å². The van der Waals surface area contributed by atoms with E-state index in [4.69, 9.17) is 37.0 Å². The number of carbonyl (C=O) groups is 4. The van der Waals surface area contributed by atoms with Gasteiger partial charge < -0.3 is 33.8 Å². The van der Waals surface area contributed by atoms with Crippen LogP contribution in [0, 0.1) is 5.92 Å². The van der Waals surface area contributed by atoms with Crippen molar-refractivity contribution in [3.8, 4) is 0 Å². The number of rotatable bonds is 72. The molecule has 540 valence electrons. The molecule has 19 heteroatoms. The van der Waals surface area contributed by atoms with Crippen molar-refractivity contribution < 1.29 is 80.2 Å². The largest absolute Gasteiger partial charge is 0.472 e. The van der Waals surface area contributed by atoms with E-state index in [0.717, 1.165) is 109 Å². The lowest BCUT2D eigenvalue weighted by molar-refractivity contribution is -0.161. The first kappa shape index (κ1) is 89.1. The van der Waals surface area contributed by atoms with E-state index in [2.05, 4.69) is 34.6 Å². The molecule has 0 rings (SSSR count). The number of unbranched alkanes of at least 4 members (excludes halogenated alkanes) is 43. The van der Waals surface area contributed by atoms with Crippen LogP contribution in [0.25, 0.3) is 0 Å². The number of ether oxygens (including phenoxy) is 4. The van der Waals surface area contributed by atoms with Crippen molar-refractivity contribution in [3.63, 3.8) is 0 Å². The Morgan fingerprint density at radius 3 is 0.780 bits per heavy atom. The zero-order chi connectivity index (χ0) is 67.0. The lowest BCUT2D eigenvalue weighted by atomic mass is 9.99. The molecular formula is C72H140O17P2. The Morgan fingerprint density at radius 1 is 0.308 bits per heavy atom. The summed E-state index contributed by atoms with van der Waals surface area (Å²) in [6, 6.07) is 0. The predicted molar refractivity (Wildman–Crippen MR) is 368 cm³/mol. The lowest BCUT2D eigenvalue weighted by Crippen LogP contribution is -2.30. The van der Waals surface area contributed by atoms with Crippen LogP contribution < -0.4 is 0 Å². The third kappa shape index (κ3) is 65.1. The second kappa shape index (κ2) is 65.4. The standard InChI is InChI=1S/C72H140O17P2/c1-6-10-13-16-19-21-23-25-27-28-30-32-34-36-42-47-52-57-71(76)88-68(62-83-70(75)56-51-46-41-35-33-31-29-26-24-22-20-17-14-11-7-2)64-87-91(80,81)85-60-66(73)59-84-90(78,79)86-63-67(61-82-69(74)55-50-45-39-18-15-12-8-3)89-72(77)58-53-48-43-38-37-40-44-49-54-65(5)9-4/h65-68,73H,6-64H2,1-5H3,(H,78,79)(H,80,81)/t65?,66-,67+,68+/m0/s1. The molecule has 0 saturated carbocycles. The Morgan fingerprint density at radius 2 is 0.527 bits per heavy atom. The summed E-state index contributed by atoms with van der Waals surface area (Å²) in [6.45, 7) is 7.22. The quantitative estimate of drug-likeness (QED) is 0.0222. The second-order valence-electron chi connectivity index (χ2n) is 26.2. The summed E-state index contributed by atoms with van der Waals surface area (Å²) in [4.78, 5) is 72.5. The van der Waals surface area contributed by atoms with Crippen molar-refractivity contribution in [1.82, 2.24) is 0 Å². The normalized spacial score (nSPS) is 14.3. The average Bonchev–Trinajstić information content (AvgIpc) is 2.33. The van der Waals surface area contributed by atoms with Crippen molar-refractivity contribution in [2.45, 2.75) is 393 Å². The van der Waals surface area contributed by atoms with Gasteiger partial charge in [-0.1, -0.05) is 324 Å². The van der Waals surface area contributed by atoms with Crippen molar-refractivity contribution in [1.29, 1.82) is 0 Å². The maximum absolute atomic E-state index is 13.0. The number of aliphatic hydroxyl groups is 1. The molecule has 91 heavy (non-hydrogen) atoms. The fourth-order valence-corrected chi connectivity index (χ4v) is 12.5. The van der Waals surface area contributed by atoms with Crippen LogP contribution in [-0.4, -0.2) is 96.7 Å². The first-order chi connectivity index (χ1) is 44.1. The zero-order valence-corrected chi connectivity index (χ0v) is 60.8. The van der Waals surface area contributed by atoms with Crippen LogP contribution in [0.15, 0.2) is 0 Å². The van der Waals surface area contributed by atoms with Gasteiger partial charge >= 0.3 is 39.5 Å². The molecule has 3 N–H and O–H groups in total. The van der Waals surface area contributed by atoms with Crippen LogP contribution in [0.5, 0.6) is 0 Å². The summed E-state index contributed by atoms with van der Waals surface area (Å²) in [5, 5.41) is 10.6. The molecule has 0 aromatic rings. The van der Waals surface area contributed by atoms with Gasteiger partial charge in [-0.3, -0.25) is 37.3 Å². The Hall–Kier alpha value is -1.94. The van der Waals surface area contributed by atoms with Gasteiger partial charge in [-0.2, -0.15) is 0 Å². The van der Waals surface area contributed by atoms with Gasteiger partial charge in [0.2, 0.25) is 0 Å². The summed E-state index contributed by atoms with van der Waals surface area (Å²) in [5.74, 6) is -1.35. The van der Waals surface area contributed by atoms with E-state index in [1.54, 1.807) is 0 Å². The van der Waals surface area contributed by atoms with Gasteiger partial charge in [-0.05, 0) is 31.6 Å². The molecule has 0 radical (unpaired) electrons. The summed E-state index contributed by atoms with van der Waals surface area (Å²) >= 11 is 0. The van der Waals surface area contributed by atoms with Crippen LogP contribution in [0.4, 0.5) is 0 Å². The molecule has 6 atom stereocenters. The first-order valence-electron chi connectivity index (χ1n) is 37.7. The van der Waals surface area contributed by atoms with Crippen molar-refractivity contribution in [2.75, 3.05) is 39.6 Å². The fraction of sp³-hybridized carbons (Fsp3) is 0.944. The molecule has 0 aliphatic carbocycles. The molecule has 0 spiro atoms. The third-order valence-electron chi connectivity index (χ3n) is 17.1. The SMILES string of the molecule is CCCCCCCCCCCCCCCCCCCC(=O)O[C@H](COC(=O)CCCCCCCCCCCCCCCCC)COP(=O)(O)OC[C@@H](O)COP(=O)(O)OC[C@@H](COC(=O)CCCCCCCCC)OC(=O)CCCCCCCCCCC(C)CC. The highest BCUT2D eigenvalue weighted by Gasteiger charge is 2.30. The van der Waals surface area contributed by atoms with Crippen molar-refractivity contribution in [3.05, 3.63) is 0 Å². The van der Waals surface area contributed by atoms with Crippen molar-refractivity contribution in [2.24, 2.45) is 5.92 Å². The number of hydrogen-bond acceptors (Lipinski definition) is 15. The highest BCUT2D eigenvalue weighted by molar-refractivity contribution is 7.47. The molecular weight excluding hydrogens is 1200 g/mol. The van der Waals surface area contributed by atoms with Gasteiger partial charge in [0.05, 0.1) is 26.4 Å². The van der Waals surface area contributed by atoms with E-state index in [9.17, 15) is 43.2 Å². The number of hydrogen-bond donors (Lipinski definition) is 3. The van der Waals surface area contributed by atoms with Gasteiger partial charge in [0.25, 0.3) is 0 Å². The van der Waals surface area contributed by atoms with Gasteiger partial charge in [0.15, 0.2) is 12.2 Å². The minimum Gasteiger partial charge on any atom is -0.462 e. The minimum atomic E-state index is -4.95. The summed E-state index contributed by atoms with van der Waals surface area (Å²) in [7, 11) is -9.90. The average molecular weight is 1340 g/mol. The molecule has 0 aromatic heterocycles. The van der Waals surface area contributed by atoms with Crippen LogP contribution in [0.3, 0.4) is 0 Å². The molecule has 0 aliphatic rings. The Balaban J connectivity index is 5.20. The topological polar surface area (TPSA) is 237 Å². The van der Waals surface area contributed by atoms with Crippen molar-refractivity contribution >= 4 is 39.5 Å². The summed E-state index contributed by atoms with van der Waals surface area (Å²) in [6.07, 6.45) is 52.8. The first-order valence-corrected chi connectivity index (χ1v) is 40.7. The highest BCUT2D eigenvalue weighted by Crippen LogP contribution is 2.45. The molecule has 0 heterocycles. The molecule has 0 aliphatic heterocycles. The number of aliphatic hydroxyl groups excluding tert-OH is 1. The molecule has 0 saturated heterocycles. The van der Waals surface area contributed by atoms with Gasteiger partial charge in [0.1, 0.15) is 19.3 Å². The van der Waals surface area contributed by atoms with E-state index in [1.165, 1.54) is 186 Å². The summed E-state index contributed by atoms with van der Waals surface area (Å²) in [5.41, 5.74) is 0. The molecule has 0 aromatic carbocycles. The second-order valence-corrected chi connectivity index (χ2v) is 29.1. The Bertz CT molecular complexity index is 1760. The van der Waals surface area contributed by atoms with Crippen LogP contribution >= 0.6 is 15.6 Å². The number of phosphoric ester groups is 2. The fourth-order valence-electron chi connectivity index (χ4n) is 11.0. The maximum Gasteiger partial charge on any atom is 0.472 e. The molecule has 0 amide bonds. The number of esters is 4. The van der Waals surface area contributed by atoms with Gasteiger partial charge in [0, 0.05) is 25.7 Å². The molecule has 17 nitrogen and oxygen atoms in total. The number of phosphoric acid groups is 2. The Kier molecular flexibility index (Phi) is 64.0. The molecule has 0 fully saturated rings. The van der Waals surface area contributed by atoms with Gasteiger partial charge in [-0.15, -0.1) is 0 Å². The van der Waals surface area contributed by atoms with E-state index < -0.39 is 97.5 Å². The Labute approximate surface area is 556 Å². The number of carbonyl (C=O) groups excluding carboxylic acids is 4. The highest BCUT2D eigenvalue weighted by atomic mass is 31.2. The minimum absolute atomic E-state index is 0.105. The third-order valence-corrected chi connectivity index (χ3v) is 19.0. The van der Waals surface area contributed by atoms with Gasteiger partial charge in [-0.25, -0.2) is 9.13 Å². The monoisotopic (exact) mass is 1340 g/mol. The van der Waals surface area contributed by atoms with E-state index >= 15 is 0 Å². The van der Waals surface area contributed by atoms with E-state index in [0.29, 0.717) is 25.7 Å². The van der Waals surface area contributed by atoms with E-state index in [1.807, 2.05) is 0 Å². The lowest BCUT2D eigenvalue weighted by Gasteiger charge is -2.21. The van der Waals surface area contributed by atoms with Crippen LogP contribution in [0.1, 0.15) is 375 Å². The maximum atomic E-state index is 13.0. The van der Waals surface area contributed by atoms with E-state index in [-0.39, 0.29) is 25.7 Å². The molecule has 3 unspecified atom stereocenters. The van der Waals surface area contributed by atoms with Crippen LogP contribution in [-0.2, 0) is 65.4 Å². The zero-order valence-electron chi connectivity index (χ0n) is 59.0.